The lowest BCUT2D eigenvalue weighted by Crippen LogP contribution is -2.33. The summed E-state index contributed by atoms with van der Waals surface area (Å²) in [5.74, 6) is -0.110. The molecule has 3 rings (SSSR count). The van der Waals surface area contributed by atoms with Gasteiger partial charge in [0.15, 0.2) is 5.82 Å². The highest BCUT2D eigenvalue weighted by atomic mass is 16.5. The first kappa shape index (κ1) is 10.5. The molecule has 6 nitrogen and oxygen atoms in total. The van der Waals surface area contributed by atoms with Crippen LogP contribution in [0, 0.1) is 0 Å². The molecule has 1 aliphatic rings. The molecule has 0 bridgehead atoms. The number of urea groups is 1. The lowest BCUT2D eigenvalue weighted by Gasteiger charge is -2.14. The van der Waals surface area contributed by atoms with E-state index in [-0.39, 0.29) is 18.3 Å². The largest absolute Gasteiger partial charge is 0.363 e. The monoisotopic (exact) mass is 243 g/mol. The minimum Gasteiger partial charge on any atom is -0.363 e. The summed E-state index contributed by atoms with van der Waals surface area (Å²) in [6.07, 6.45) is 1.32. The maximum atomic E-state index is 12.2. The van der Waals surface area contributed by atoms with Crippen molar-refractivity contribution in [2.45, 2.75) is 0 Å². The predicted molar refractivity (Wildman–Crippen MR) is 63.2 cm³/mol. The van der Waals surface area contributed by atoms with Gasteiger partial charge in [0.2, 0.25) is 0 Å². The molecule has 0 aliphatic carbocycles. The first-order valence-electron chi connectivity index (χ1n) is 5.37. The highest BCUT2D eigenvalue weighted by molar-refractivity contribution is 6.26. The van der Waals surface area contributed by atoms with Crippen molar-refractivity contribution in [1.29, 1.82) is 0 Å². The summed E-state index contributed by atoms with van der Waals surface area (Å²) in [6, 6.07) is 10.1. The zero-order valence-electron chi connectivity index (χ0n) is 9.31. The second-order valence-electron chi connectivity index (χ2n) is 3.79. The Morgan fingerprint density at radius 1 is 1.11 bits per heavy atom. The van der Waals surface area contributed by atoms with E-state index >= 15 is 0 Å². The standard InChI is InChI=1S/C12H9N3O3/c16-11-8-14(9-4-2-1-3-5-9)12(17)15(11)10-6-7-18-13-10/h1-7H,8H2. The Hall–Kier alpha value is -2.63. The summed E-state index contributed by atoms with van der Waals surface area (Å²) in [6.45, 7) is 0.00963. The van der Waals surface area contributed by atoms with E-state index in [0.29, 0.717) is 5.69 Å². The molecule has 18 heavy (non-hydrogen) atoms. The molecule has 90 valence electrons. The molecular formula is C12H9N3O3. The third-order valence-electron chi connectivity index (χ3n) is 2.69. The predicted octanol–water partition coefficient (Wildman–Crippen LogP) is 1.65. The number of rotatable bonds is 2. The zero-order valence-corrected chi connectivity index (χ0v) is 9.31. The third-order valence-corrected chi connectivity index (χ3v) is 2.69. The number of hydrogen-bond acceptors (Lipinski definition) is 4. The molecule has 1 fully saturated rings. The van der Waals surface area contributed by atoms with Gasteiger partial charge in [-0.15, -0.1) is 0 Å². The average molecular weight is 243 g/mol. The van der Waals surface area contributed by atoms with Gasteiger partial charge in [-0.1, -0.05) is 23.4 Å². The second-order valence-corrected chi connectivity index (χ2v) is 3.79. The van der Waals surface area contributed by atoms with Gasteiger partial charge >= 0.3 is 6.03 Å². The van der Waals surface area contributed by atoms with Crippen molar-refractivity contribution >= 4 is 23.4 Å². The van der Waals surface area contributed by atoms with Gasteiger partial charge < -0.3 is 4.52 Å². The molecule has 0 unspecified atom stereocenters. The normalized spacial score (nSPS) is 15.6. The summed E-state index contributed by atoms with van der Waals surface area (Å²) in [7, 11) is 0. The molecule has 1 saturated heterocycles. The molecule has 2 aromatic rings. The topological polar surface area (TPSA) is 66.7 Å². The van der Waals surface area contributed by atoms with Gasteiger partial charge in [0.05, 0.1) is 0 Å². The fraction of sp³-hybridized carbons (Fsp3) is 0.0833. The van der Waals surface area contributed by atoms with Gasteiger partial charge in [0.25, 0.3) is 5.91 Å². The first-order chi connectivity index (χ1) is 8.77. The fourth-order valence-electron chi connectivity index (χ4n) is 1.86. The molecule has 0 spiro atoms. The van der Waals surface area contributed by atoms with E-state index in [1.807, 2.05) is 18.2 Å². The number of amides is 3. The number of anilines is 2. The van der Waals surface area contributed by atoms with Crippen LogP contribution in [0.1, 0.15) is 0 Å². The quantitative estimate of drug-likeness (QED) is 0.752. The van der Waals surface area contributed by atoms with E-state index in [4.69, 9.17) is 0 Å². The molecular weight excluding hydrogens is 234 g/mol. The average Bonchev–Trinajstić information content (AvgIpc) is 2.99. The summed E-state index contributed by atoms with van der Waals surface area (Å²) >= 11 is 0. The van der Waals surface area contributed by atoms with E-state index in [1.54, 1.807) is 12.1 Å². The number of imide groups is 1. The van der Waals surface area contributed by atoms with E-state index in [2.05, 4.69) is 9.68 Å². The van der Waals surface area contributed by atoms with E-state index in [1.165, 1.54) is 17.2 Å². The molecule has 1 aromatic heterocycles. The third kappa shape index (κ3) is 1.55. The molecule has 2 heterocycles. The van der Waals surface area contributed by atoms with Crippen LogP contribution in [0.4, 0.5) is 16.3 Å². The number of nitrogens with zero attached hydrogens (tertiary/aromatic N) is 3. The van der Waals surface area contributed by atoms with Crippen LogP contribution in [-0.4, -0.2) is 23.6 Å². The minimum atomic E-state index is -0.417. The van der Waals surface area contributed by atoms with Crippen molar-refractivity contribution in [3.8, 4) is 0 Å². The smallest absolute Gasteiger partial charge is 0.337 e. The van der Waals surface area contributed by atoms with Crippen LogP contribution in [-0.2, 0) is 4.79 Å². The van der Waals surface area contributed by atoms with Crippen molar-refractivity contribution < 1.29 is 14.1 Å². The van der Waals surface area contributed by atoms with Gasteiger partial charge in [-0.25, -0.2) is 9.69 Å². The fourth-order valence-corrected chi connectivity index (χ4v) is 1.86. The number of aromatic nitrogens is 1. The Kier molecular flexibility index (Phi) is 2.33. The molecule has 0 atom stereocenters. The lowest BCUT2D eigenvalue weighted by molar-refractivity contribution is -0.115. The molecule has 3 amide bonds. The number of hydrogen-bond donors (Lipinski definition) is 0. The Bertz CT molecular complexity index is 580. The van der Waals surface area contributed by atoms with E-state index in [9.17, 15) is 9.59 Å². The molecule has 1 aromatic carbocycles. The lowest BCUT2D eigenvalue weighted by atomic mass is 10.3. The van der Waals surface area contributed by atoms with Crippen molar-refractivity contribution in [2.24, 2.45) is 0 Å². The van der Waals surface area contributed by atoms with E-state index < -0.39 is 6.03 Å². The Balaban J connectivity index is 1.94. The van der Waals surface area contributed by atoms with E-state index in [0.717, 1.165) is 4.90 Å². The summed E-state index contributed by atoms with van der Waals surface area (Å²) in [4.78, 5) is 26.4. The summed E-state index contributed by atoms with van der Waals surface area (Å²) in [5.41, 5.74) is 0.682. The van der Waals surface area contributed by atoms with Crippen LogP contribution in [0.3, 0.4) is 0 Å². The van der Waals surface area contributed by atoms with Crippen molar-refractivity contribution in [2.75, 3.05) is 16.3 Å². The molecule has 0 N–H and O–H groups in total. The van der Waals surface area contributed by atoms with Crippen molar-refractivity contribution in [3.05, 3.63) is 42.7 Å². The van der Waals surface area contributed by atoms with Crippen LogP contribution in [0.2, 0.25) is 0 Å². The highest BCUT2D eigenvalue weighted by Crippen LogP contribution is 2.24. The maximum Gasteiger partial charge on any atom is 0.337 e. The zero-order chi connectivity index (χ0) is 12.5. The van der Waals surface area contributed by atoms with Gasteiger partial charge in [-0.2, -0.15) is 0 Å². The van der Waals surface area contributed by atoms with Crippen LogP contribution >= 0.6 is 0 Å². The summed E-state index contributed by atoms with van der Waals surface area (Å²) in [5, 5.41) is 3.61. The van der Waals surface area contributed by atoms with Crippen LogP contribution in [0.5, 0.6) is 0 Å². The van der Waals surface area contributed by atoms with Crippen LogP contribution in [0.15, 0.2) is 47.2 Å². The molecule has 0 saturated carbocycles. The number of benzene rings is 1. The number of carbonyl (C=O) groups excluding carboxylic acids is 2. The summed E-state index contributed by atoms with van der Waals surface area (Å²) < 4.78 is 4.65. The maximum absolute atomic E-state index is 12.2. The molecule has 0 radical (unpaired) electrons. The highest BCUT2D eigenvalue weighted by Gasteiger charge is 2.39. The van der Waals surface area contributed by atoms with Gasteiger partial charge in [0, 0.05) is 11.8 Å². The minimum absolute atomic E-state index is 0.00963. The molecule has 1 aliphatic heterocycles. The molecule has 6 heteroatoms. The Morgan fingerprint density at radius 3 is 2.56 bits per heavy atom. The Labute approximate surface area is 102 Å². The van der Waals surface area contributed by atoms with Gasteiger partial charge in [-0.3, -0.25) is 9.69 Å². The van der Waals surface area contributed by atoms with Gasteiger partial charge in [0.1, 0.15) is 12.8 Å². The number of para-hydroxylation sites is 1. The number of carbonyl (C=O) groups is 2. The van der Waals surface area contributed by atoms with Crippen LogP contribution in [0.25, 0.3) is 0 Å². The van der Waals surface area contributed by atoms with Crippen LogP contribution < -0.4 is 9.80 Å². The SMILES string of the molecule is O=C1CN(c2ccccc2)C(=O)N1c1ccon1. The van der Waals surface area contributed by atoms with Gasteiger partial charge in [-0.05, 0) is 12.1 Å². The second kappa shape index (κ2) is 3.99. The first-order valence-corrected chi connectivity index (χ1v) is 5.37. The van der Waals surface area contributed by atoms with Crippen molar-refractivity contribution in [1.82, 2.24) is 5.16 Å². The van der Waals surface area contributed by atoms with Crippen molar-refractivity contribution in [3.63, 3.8) is 0 Å². The Morgan fingerprint density at radius 2 is 1.89 bits per heavy atom.